The third-order valence-electron chi connectivity index (χ3n) is 1.12. The van der Waals surface area contributed by atoms with Crippen LogP contribution in [0.2, 0.25) is 0 Å². The van der Waals surface area contributed by atoms with Gasteiger partial charge in [-0.05, 0) is 17.7 Å². The highest BCUT2D eigenvalue weighted by molar-refractivity contribution is 5.27. The summed E-state index contributed by atoms with van der Waals surface area (Å²) in [7, 11) is 0. The summed E-state index contributed by atoms with van der Waals surface area (Å²) in [5.74, 6) is -0.701. The number of phenolic OH excluding ortho intramolecular Hbond substituents is 1. The minimum absolute atomic E-state index is 0.163. The van der Waals surface area contributed by atoms with Gasteiger partial charge in [0.05, 0.1) is 6.61 Å². The molecule has 0 heterocycles. The van der Waals surface area contributed by atoms with Gasteiger partial charge in [0, 0.05) is 6.07 Å². The van der Waals surface area contributed by atoms with Crippen LogP contribution in [0.1, 0.15) is 5.56 Å². The van der Waals surface area contributed by atoms with Gasteiger partial charge in [0.1, 0.15) is 11.6 Å². The number of rotatable bonds is 1. The number of hydrogen-bond donors (Lipinski definition) is 2. The highest BCUT2D eigenvalue weighted by Crippen LogP contribution is 2.13. The summed E-state index contributed by atoms with van der Waals surface area (Å²) in [5.41, 5.74) is 0.373. The summed E-state index contributed by atoms with van der Waals surface area (Å²) in [4.78, 5) is 0. The molecule has 0 fully saturated rings. The van der Waals surface area contributed by atoms with E-state index in [0.29, 0.717) is 5.56 Å². The molecule has 54 valence electrons. The molecule has 0 aromatic heterocycles. The molecular weight excluding hydrogens is 135 g/mol. The summed E-state index contributed by atoms with van der Waals surface area (Å²) < 4.78 is 12.3. The van der Waals surface area contributed by atoms with E-state index in [1.807, 2.05) is 0 Å². The minimum atomic E-state index is -0.538. The van der Waals surface area contributed by atoms with Crippen LogP contribution in [-0.4, -0.2) is 10.2 Å². The maximum atomic E-state index is 12.3. The van der Waals surface area contributed by atoms with Crippen molar-refractivity contribution in [2.75, 3.05) is 0 Å². The van der Waals surface area contributed by atoms with Crippen molar-refractivity contribution >= 4 is 0 Å². The molecule has 1 rings (SSSR count). The summed E-state index contributed by atoms with van der Waals surface area (Å²) in [6, 6.07) is 3.46. The molecule has 0 unspecified atom stereocenters. The van der Waals surface area contributed by atoms with Gasteiger partial charge in [0.2, 0.25) is 0 Å². The average molecular weight is 142 g/mol. The van der Waals surface area contributed by atoms with Crippen LogP contribution in [0.15, 0.2) is 18.2 Å². The molecule has 1 aromatic carbocycles. The minimum Gasteiger partial charge on any atom is -0.508 e. The van der Waals surface area contributed by atoms with Crippen LogP contribution in [0, 0.1) is 5.82 Å². The second-order valence-corrected chi connectivity index (χ2v) is 1.98. The summed E-state index contributed by atoms with van der Waals surface area (Å²) in [6.45, 7) is -0.259. The predicted octanol–water partition coefficient (Wildman–Crippen LogP) is 1.02. The van der Waals surface area contributed by atoms with Crippen molar-refractivity contribution < 1.29 is 14.6 Å². The van der Waals surface area contributed by atoms with Crippen molar-refractivity contribution in [3.8, 4) is 5.75 Å². The lowest BCUT2D eigenvalue weighted by molar-refractivity contribution is 0.280. The molecule has 0 saturated carbocycles. The lowest BCUT2D eigenvalue weighted by Gasteiger charge is -1.96. The monoisotopic (exact) mass is 142 g/mol. The Morgan fingerprint density at radius 2 is 2.00 bits per heavy atom. The number of hydrogen-bond acceptors (Lipinski definition) is 2. The number of halogens is 1. The maximum Gasteiger partial charge on any atom is 0.127 e. The number of aliphatic hydroxyl groups is 1. The molecule has 0 aliphatic heterocycles. The van der Waals surface area contributed by atoms with E-state index in [1.54, 1.807) is 0 Å². The van der Waals surface area contributed by atoms with E-state index in [4.69, 9.17) is 10.2 Å². The topological polar surface area (TPSA) is 40.5 Å². The van der Waals surface area contributed by atoms with Crippen LogP contribution < -0.4 is 0 Å². The van der Waals surface area contributed by atoms with Gasteiger partial charge < -0.3 is 10.2 Å². The fraction of sp³-hybridized carbons (Fsp3) is 0.143. The third-order valence-corrected chi connectivity index (χ3v) is 1.12. The van der Waals surface area contributed by atoms with Crippen molar-refractivity contribution in [3.63, 3.8) is 0 Å². The first-order chi connectivity index (χ1) is 4.72. The van der Waals surface area contributed by atoms with Crippen molar-refractivity contribution in [3.05, 3.63) is 29.6 Å². The van der Waals surface area contributed by atoms with Gasteiger partial charge >= 0.3 is 0 Å². The van der Waals surface area contributed by atoms with Crippen molar-refractivity contribution in [1.82, 2.24) is 0 Å². The smallest absolute Gasteiger partial charge is 0.127 e. The van der Waals surface area contributed by atoms with Crippen molar-refractivity contribution in [1.29, 1.82) is 0 Å². The van der Waals surface area contributed by atoms with Gasteiger partial charge in [-0.25, -0.2) is 4.39 Å². The molecule has 1 aromatic rings. The van der Waals surface area contributed by atoms with E-state index in [1.165, 1.54) is 12.1 Å². The first-order valence-electron chi connectivity index (χ1n) is 2.81. The fourth-order valence-corrected chi connectivity index (χ4v) is 0.725. The Labute approximate surface area is 57.6 Å². The highest BCUT2D eigenvalue weighted by atomic mass is 19.1. The first kappa shape index (κ1) is 7.02. The van der Waals surface area contributed by atoms with E-state index in [2.05, 4.69) is 0 Å². The summed E-state index contributed by atoms with van der Waals surface area (Å²) >= 11 is 0. The Bertz CT molecular complexity index is 215. The standard InChI is InChI=1S/C7H7FO2/c8-6-1-5(4-9)2-7(10)3-6/h1-3,9-10H,4H2. The van der Waals surface area contributed by atoms with E-state index >= 15 is 0 Å². The van der Waals surface area contributed by atoms with E-state index in [9.17, 15) is 4.39 Å². The first-order valence-corrected chi connectivity index (χ1v) is 2.81. The molecule has 2 N–H and O–H groups in total. The molecule has 0 amide bonds. The van der Waals surface area contributed by atoms with Crippen molar-refractivity contribution in [2.45, 2.75) is 6.61 Å². The second kappa shape index (κ2) is 2.66. The quantitative estimate of drug-likeness (QED) is 0.614. The normalized spacial score (nSPS) is 9.80. The van der Waals surface area contributed by atoms with Crippen LogP contribution in [0.4, 0.5) is 4.39 Å². The molecule has 0 saturated heterocycles. The molecule has 0 spiro atoms. The van der Waals surface area contributed by atoms with Crippen LogP contribution in [0.5, 0.6) is 5.75 Å². The molecule has 0 bridgehead atoms. The van der Waals surface area contributed by atoms with Gasteiger partial charge in [-0.3, -0.25) is 0 Å². The predicted molar refractivity (Wildman–Crippen MR) is 34.0 cm³/mol. The Kier molecular flexibility index (Phi) is 1.87. The second-order valence-electron chi connectivity index (χ2n) is 1.98. The zero-order valence-electron chi connectivity index (χ0n) is 5.21. The van der Waals surface area contributed by atoms with E-state index in [-0.39, 0.29) is 12.4 Å². The Morgan fingerprint density at radius 1 is 1.30 bits per heavy atom. The SMILES string of the molecule is OCc1cc(O)cc(F)c1. The number of aliphatic hydroxyl groups excluding tert-OH is 1. The third kappa shape index (κ3) is 1.45. The molecule has 0 aliphatic rings. The zero-order chi connectivity index (χ0) is 7.56. The fourth-order valence-electron chi connectivity index (χ4n) is 0.725. The van der Waals surface area contributed by atoms with Gasteiger partial charge in [-0.15, -0.1) is 0 Å². The Morgan fingerprint density at radius 3 is 2.50 bits per heavy atom. The van der Waals surface area contributed by atoms with E-state index < -0.39 is 5.82 Å². The molecule has 0 atom stereocenters. The van der Waals surface area contributed by atoms with Crippen LogP contribution >= 0.6 is 0 Å². The highest BCUT2D eigenvalue weighted by Gasteiger charge is 1.96. The molecule has 2 nitrogen and oxygen atoms in total. The number of phenols is 1. The lowest BCUT2D eigenvalue weighted by atomic mass is 10.2. The molecule has 0 aliphatic carbocycles. The lowest BCUT2D eigenvalue weighted by Crippen LogP contribution is -1.83. The number of aromatic hydroxyl groups is 1. The van der Waals surface area contributed by atoms with E-state index in [0.717, 1.165) is 6.07 Å². The molecule has 10 heavy (non-hydrogen) atoms. The van der Waals surface area contributed by atoms with Crippen LogP contribution in [0.25, 0.3) is 0 Å². The molecule has 0 radical (unpaired) electrons. The van der Waals surface area contributed by atoms with Gasteiger partial charge in [0.15, 0.2) is 0 Å². The van der Waals surface area contributed by atoms with Crippen molar-refractivity contribution in [2.24, 2.45) is 0 Å². The van der Waals surface area contributed by atoms with Crippen LogP contribution in [0.3, 0.4) is 0 Å². The van der Waals surface area contributed by atoms with Gasteiger partial charge in [-0.1, -0.05) is 0 Å². The van der Waals surface area contributed by atoms with Gasteiger partial charge in [-0.2, -0.15) is 0 Å². The Balaban J connectivity index is 3.06. The maximum absolute atomic E-state index is 12.3. The zero-order valence-corrected chi connectivity index (χ0v) is 5.21. The summed E-state index contributed by atoms with van der Waals surface area (Å²) in [5, 5.41) is 17.3. The largest absolute Gasteiger partial charge is 0.508 e. The molecular formula is C7H7FO2. The van der Waals surface area contributed by atoms with Crippen LogP contribution in [-0.2, 0) is 6.61 Å². The summed E-state index contributed by atoms with van der Waals surface area (Å²) in [6.07, 6.45) is 0. The molecule has 3 heteroatoms. The van der Waals surface area contributed by atoms with Gasteiger partial charge in [0.25, 0.3) is 0 Å². The average Bonchev–Trinajstić information content (AvgIpc) is 1.85. The Hall–Kier alpha value is -1.09. The number of benzene rings is 1.